The highest BCUT2D eigenvalue weighted by molar-refractivity contribution is 8.02. The number of nitrogens with zero attached hydrogens (tertiary/aromatic N) is 2. The second-order valence-electron chi connectivity index (χ2n) is 5.18. The van der Waals surface area contributed by atoms with Crippen molar-refractivity contribution in [1.82, 2.24) is 10.2 Å². The Balaban J connectivity index is 1.52. The first-order chi connectivity index (χ1) is 12.5. The van der Waals surface area contributed by atoms with Crippen LogP contribution in [0.15, 0.2) is 45.4 Å². The first kappa shape index (κ1) is 18.3. The van der Waals surface area contributed by atoms with Crippen LogP contribution in [0.25, 0.3) is 0 Å². The summed E-state index contributed by atoms with van der Waals surface area (Å²) < 4.78 is 31.9. The summed E-state index contributed by atoms with van der Waals surface area (Å²) in [4.78, 5) is 12.2. The Kier molecular flexibility index (Phi) is 5.84. The molecule has 0 aliphatic carbocycles. The van der Waals surface area contributed by atoms with E-state index in [0.29, 0.717) is 16.0 Å². The Morgan fingerprint density at radius 1 is 1.31 bits per heavy atom. The molecule has 1 aromatic carbocycles. The number of nitrogens with one attached hydrogen (secondary N) is 2. The zero-order chi connectivity index (χ0) is 18.5. The molecule has 0 unspecified atom stereocenters. The van der Waals surface area contributed by atoms with E-state index in [0.717, 1.165) is 17.9 Å². The molecular weight excluding hydrogens is 382 g/mol. The maximum Gasteiger partial charge on any atom is 0.237 e. The van der Waals surface area contributed by atoms with Gasteiger partial charge in [0.05, 0.1) is 18.1 Å². The van der Waals surface area contributed by atoms with Gasteiger partial charge < -0.3 is 15.1 Å². The molecule has 0 radical (unpaired) electrons. The summed E-state index contributed by atoms with van der Waals surface area (Å²) >= 11 is 2.53. The summed E-state index contributed by atoms with van der Waals surface area (Å²) in [5.41, 5.74) is 0.194. The summed E-state index contributed by atoms with van der Waals surface area (Å²) in [6.07, 6.45) is 1.59. The quantitative estimate of drug-likeness (QED) is 0.584. The predicted molar refractivity (Wildman–Crippen MR) is 96.3 cm³/mol. The van der Waals surface area contributed by atoms with Crippen molar-refractivity contribution in [2.45, 2.75) is 23.1 Å². The monoisotopic (exact) mass is 396 g/mol. The van der Waals surface area contributed by atoms with Gasteiger partial charge in [-0.2, -0.15) is 0 Å². The number of furan rings is 1. The van der Waals surface area contributed by atoms with Crippen LogP contribution in [-0.4, -0.2) is 21.4 Å². The van der Waals surface area contributed by atoms with Crippen LogP contribution in [0.2, 0.25) is 0 Å². The fourth-order valence-corrected chi connectivity index (χ4v) is 3.82. The van der Waals surface area contributed by atoms with Crippen molar-refractivity contribution >= 4 is 39.8 Å². The Hall–Kier alpha value is -2.46. The predicted octanol–water partition coefficient (Wildman–Crippen LogP) is 4.14. The first-order valence-electron chi connectivity index (χ1n) is 7.53. The fourth-order valence-electron chi connectivity index (χ4n) is 1.93. The van der Waals surface area contributed by atoms with E-state index in [1.807, 2.05) is 6.07 Å². The second kappa shape index (κ2) is 8.28. The number of hydrogen-bond donors (Lipinski definition) is 2. The molecule has 0 bridgehead atoms. The van der Waals surface area contributed by atoms with Gasteiger partial charge in [0.15, 0.2) is 16.0 Å². The molecule has 3 rings (SSSR count). The van der Waals surface area contributed by atoms with Crippen LogP contribution in [0.3, 0.4) is 0 Å². The molecule has 6 nitrogen and oxygen atoms in total. The molecule has 3 aromatic rings. The van der Waals surface area contributed by atoms with E-state index >= 15 is 0 Å². The van der Waals surface area contributed by atoms with Crippen LogP contribution in [0.4, 0.5) is 19.6 Å². The molecule has 136 valence electrons. The number of carbonyl (C=O) groups is 1. The SMILES string of the molecule is C[C@@H](Sc1nnc(NCc2ccco2)s1)C(=O)Nc1ccc(F)c(F)c1. The van der Waals surface area contributed by atoms with E-state index in [9.17, 15) is 13.6 Å². The number of anilines is 2. The highest BCUT2D eigenvalue weighted by Gasteiger charge is 2.18. The van der Waals surface area contributed by atoms with E-state index in [2.05, 4.69) is 20.8 Å². The van der Waals surface area contributed by atoms with E-state index in [1.54, 1.807) is 19.3 Å². The highest BCUT2D eigenvalue weighted by Crippen LogP contribution is 2.29. The van der Waals surface area contributed by atoms with E-state index in [4.69, 9.17) is 4.42 Å². The average molecular weight is 396 g/mol. The van der Waals surface area contributed by atoms with Gasteiger partial charge >= 0.3 is 0 Å². The van der Waals surface area contributed by atoms with Crippen molar-refractivity contribution < 1.29 is 18.0 Å². The Bertz CT molecular complexity index is 886. The number of thioether (sulfide) groups is 1. The van der Waals surface area contributed by atoms with Crippen LogP contribution in [0.1, 0.15) is 12.7 Å². The molecule has 2 aromatic heterocycles. The van der Waals surface area contributed by atoms with Crippen molar-refractivity contribution in [3.05, 3.63) is 54.0 Å². The minimum absolute atomic E-state index is 0.194. The van der Waals surface area contributed by atoms with Crippen molar-refractivity contribution in [2.75, 3.05) is 10.6 Å². The molecule has 2 N–H and O–H groups in total. The molecule has 10 heteroatoms. The third kappa shape index (κ3) is 4.79. The van der Waals surface area contributed by atoms with Gasteiger partial charge in [0.25, 0.3) is 0 Å². The number of halogens is 2. The summed E-state index contributed by atoms with van der Waals surface area (Å²) in [6.45, 7) is 2.18. The summed E-state index contributed by atoms with van der Waals surface area (Å²) in [5.74, 6) is -1.55. The van der Waals surface area contributed by atoms with Gasteiger partial charge in [-0.1, -0.05) is 23.1 Å². The van der Waals surface area contributed by atoms with E-state index < -0.39 is 16.9 Å². The number of aromatic nitrogens is 2. The molecule has 0 aliphatic heterocycles. The van der Waals surface area contributed by atoms with Crippen molar-refractivity contribution in [3.8, 4) is 0 Å². The second-order valence-corrected chi connectivity index (χ2v) is 7.75. The van der Waals surface area contributed by atoms with Gasteiger partial charge in [0.1, 0.15) is 5.76 Å². The van der Waals surface area contributed by atoms with E-state index in [1.165, 1.54) is 29.2 Å². The maximum absolute atomic E-state index is 13.2. The minimum atomic E-state index is -1.01. The average Bonchev–Trinajstić information content (AvgIpc) is 3.28. The van der Waals surface area contributed by atoms with Crippen molar-refractivity contribution in [1.29, 1.82) is 0 Å². The van der Waals surface area contributed by atoms with E-state index in [-0.39, 0.29) is 11.6 Å². The standard InChI is InChI=1S/C16H14F2N4O2S2/c1-9(14(23)20-10-4-5-12(17)13(18)7-10)25-16-22-21-15(26-16)19-8-11-3-2-6-24-11/h2-7,9H,8H2,1H3,(H,19,21)(H,20,23)/t9-/m1/s1. The lowest BCUT2D eigenvalue weighted by atomic mass is 10.3. The first-order valence-corrected chi connectivity index (χ1v) is 9.23. The van der Waals surface area contributed by atoms with Crippen LogP contribution in [-0.2, 0) is 11.3 Å². The Labute approximate surface area is 156 Å². The van der Waals surface area contributed by atoms with Gasteiger partial charge in [-0.15, -0.1) is 10.2 Å². The van der Waals surface area contributed by atoms with Crippen LogP contribution >= 0.6 is 23.1 Å². The summed E-state index contributed by atoms with van der Waals surface area (Å²) in [5, 5.41) is 13.8. The van der Waals surface area contributed by atoms with Gasteiger partial charge in [-0.05, 0) is 31.2 Å². The van der Waals surface area contributed by atoms with Gasteiger partial charge in [-0.25, -0.2) is 8.78 Å². The molecule has 1 amide bonds. The number of amides is 1. The maximum atomic E-state index is 13.2. The van der Waals surface area contributed by atoms with Crippen LogP contribution < -0.4 is 10.6 Å². The summed E-state index contributed by atoms with van der Waals surface area (Å²) in [6, 6.07) is 6.84. The molecule has 0 aliphatic rings. The molecule has 0 saturated heterocycles. The number of carbonyl (C=O) groups excluding carboxylic acids is 1. The zero-order valence-corrected chi connectivity index (χ0v) is 15.2. The highest BCUT2D eigenvalue weighted by atomic mass is 32.2. The van der Waals surface area contributed by atoms with Crippen molar-refractivity contribution in [2.24, 2.45) is 0 Å². The lowest BCUT2D eigenvalue weighted by molar-refractivity contribution is -0.115. The van der Waals surface area contributed by atoms with Gasteiger partial charge in [0.2, 0.25) is 11.0 Å². The van der Waals surface area contributed by atoms with Crippen LogP contribution in [0, 0.1) is 11.6 Å². The third-order valence-electron chi connectivity index (χ3n) is 3.23. The molecule has 2 heterocycles. The molecule has 1 atom stereocenters. The molecule has 0 spiro atoms. The van der Waals surface area contributed by atoms with Gasteiger partial charge in [0, 0.05) is 11.8 Å². The smallest absolute Gasteiger partial charge is 0.237 e. The topological polar surface area (TPSA) is 80.1 Å². The zero-order valence-electron chi connectivity index (χ0n) is 13.5. The third-order valence-corrected chi connectivity index (χ3v) is 5.30. The molecule has 0 fully saturated rings. The van der Waals surface area contributed by atoms with Crippen molar-refractivity contribution in [3.63, 3.8) is 0 Å². The summed E-state index contributed by atoms with van der Waals surface area (Å²) in [7, 11) is 0. The molecule has 0 saturated carbocycles. The Morgan fingerprint density at radius 2 is 2.15 bits per heavy atom. The van der Waals surface area contributed by atoms with Gasteiger partial charge in [-0.3, -0.25) is 4.79 Å². The number of hydrogen-bond acceptors (Lipinski definition) is 7. The largest absolute Gasteiger partial charge is 0.467 e. The normalized spacial score (nSPS) is 12.0. The number of benzene rings is 1. The molecule has 26 heavy (non-hydrogen) atoms. The lowest BCUT2D eigenvalue weighted by Gasteiger charge is -2.10. The number of rotatable bonds is 7. The minimum Gasteiger partial charge on any atom is -0.467 e. The Morgan fingerprint density at radius 3 is 2.88 bits per heavy atom. The molecular formula is C16H14F2N4O2S2. The lowest BCUT2D eigenvalue weighted by Crippen LogP contribution is -2.22. The fraction of sp³-hybridized carbons (Fsp3) is 0.188. The van der Waals surface area contributed by atoms with Crippen LogP contribution in [0.5, 0.6) is 0 Å².